The first-order valence-electron chi connectivity index (χ1n) is 8.67. The number of nitrogens with zero attached hydrogens (tertiary/aromatic N) is 2. The fourth-order valence-corrected chi connectivity index (χ4v) is 2.82. The standard InChI is InChI=1S/C19H25N3O3/c1-15(2)25-17-7-5-16(6-8-17)20-19(23)22-11-9-21(10-12-22)14-18-4-3-13-24-18/h3-8,13,15H,9-12,14H2,1-2H3,(H,20,23). The SMILES string of the molecule is CC(C)Oc1ccc(NC(=O)N2CCN(Cc3ccco3)CC2)cc1. The lowest BCUT2D eigenvalue weighted by Crippen LogP contribution is -2.49. The van der Waals surface area contributed by atoms with Gasteiger partial charge < -0.3 is 19.4 Å². The van der Waals surface area contributed by atoms with E-state index in [9.17, 15) is 4.79 Å². The van der Waals surface area contributed by atoms with E-state index < -0.39 is 0 Å². The van der Waals surface area contributed by atoms with Gasteiger partial charge in [-0.2, -0.15) is 0 Å². The molecule has 1 N–H and O–H groups in total. The van der Waals surface area contributed by atoms with Crippen molar-refractivity contribution in [3.05, 3.63) is 48.4 Å². The van der Waals surface area contributed by atoms with E-state index in [1.54, 1.807) is 6.26 Å². The number of carbonyl (C=O) groups excluding carboxylic acids is 1. The van der Waals surface area contributed by atoms with Gasteiger partial charge in [-0.05, 0) is 50.2 Å². The van der Waals surface area contributed by atoms with E-state index in [4.69, 9.17) is 9.15 Å². The van der Waals surface area contributed by atoms with Crippen molar-refractivity contribution in [2.24, 2.45) is 0 Å². The van der Waals surface area contributed by atoms with Gasteiger partial charge in [-0.3, -0.25) is 4.90 Å². The molecule has 0 bridgehead atoms. The molecule has 2 amide bonds. The van der Waals surface area contributed by atoms with Crippen LogP contribution in [0.3, 0.4) is 0 Å². The Balaban J connectivity index is 1.46. The molecule has 0 spiro atoms. The van der Waals surface area contributed by atoms with Crippen molar-refractivity contribution in [2.75, 3.05) is 31.5 Å². The van der Waals surface area contributed by atoms with E-state index in [-0.39, 0.29) is 12.1 Å². The molecule has 1 aromatic heterocycles. The minimum Gasteiger partial charge on any atom is -0.491 e. The van der Waals surface area contributed by atoms with E-state index in [0.717, 1.165) is 36.8 Å². The van der Waals surface area contributed by atoms with Crippen LogP contribution in [0.15, 0.2) is 47.1 Å². The maximum atomic E-state index is 12.4. The Hall–Kier alpha value is -2.47. The second kappa shape index (κ2) is 8.07. The van der Waals surface area contributed by atoms with Crippen molar-refractivity contribution in [2.45, 2.75) is 26.5 Å². The molecule has 2 heterocycles. The maximum Gasteiger partial charge on any atom is 0.321 e. The third-order valence-corrected chi connectivity index (χ3v) is 4.10. The summed E-state index contributed by atoms with van der Waals surface area (Å²) in [4.78, 5) is 16.5. The van der Waals surface area contributed by atoms with Crippen LogP contribution in [0.5, 0.6) is 5.75 Å². The fourth-order valence-electron chi connectivity index (χ4n) is 2.82. The zero-order valence-electron chi connectivity index (χ0n) is 14.8. The molecule has 25 heavy (non-hydrogen) atoms. The number of rotatable bonds is 5. The highest BCUT2D eigenvalue weighted by atomic mass is 16.5. The van der Waals surface area contributed by atoms with Crippen molar-refractivity contribution < 1.29 is 13.9 Å². The van der Waals surface area contributed by atoms with Gasteiger partial charge in [0.2, 0.25) is 0 Å². The molecule has 6 nitrogen and oxygen atoms in total. The number of carbonyl (C=O) groups is 1. The molecule has 0 atom stereocenters. The average molecular weight is 343 g/mol. The summed E-state index contributed by atoms with van der Waals surface area (Å²) in [7, 11) is 0. The summed E-state index contributed by atoms with van der Waals surface area (Å²) in [5.74, 6) is 1.76. The summed E-state index contributed by atoms with van der Waals surface area (Å²) in [6, 6.07) is 11.3. The molecule has 1 aliphatic heterocycles. The summed E-state index contributed by atoms with van der Waals surface area (Å²) >= 11 is 0. The molecule has 0 radical (unpaired) electrons. The lowest BCUT2D eigenvalue weighted by molar-refractivity contribution is 0.137. The second-order valence-electron chi connectivity index (χ2n) is 6.46. The Labute approximate surface area is 148 Å². The van der Waals surface area contributed by atoms with Crippen molar-refractivity contribution in [1.29, 1.82) is 0 Å². The first-order chi connectivity index (χ1) is 12.1. The van der Waals surface area contributed by atoms with Crippen LogP contribution in [0.25, 0.3) is 0 Å². The lowest BCUT2D eigenvalue weighted by atomic mass is 10.3. The summed E-state index contributed by atoms with van der Waals surface area (Å²) in [6.45, 7) is 7.87. The number of benzene rings is 1. The van der Waals surface area contributed by atoms with E-state index in [2.05, 4.69) is 10.2 Å². The molecule has 134 valence electrons. The highest BCUT2D eigenvalue weighted by Gasteiger charge is 2.21. The van der Waals surface area contributed by atoms with Crippen LogP contribution in [0.1, 0.15) is 19.6 Å². The van der Waals surface area contributed by atoms with Gasteiger partial charge in [0.05, 0.1) is 18.9 Å². The van der Waals surface area contributed by atoms with Crippen LogP contribution < -0.4 is 10.1 Å². The summed E-state index contributed by atoms with van der Waals surface area (Å²) < 4.78 is 11.0. The average Bonchev–Trinajstić information content (AvgIpc) is 3.10. The number of urea groups is 1. The third-order valence-electron chi connectivity index (χ3n) is 4.10. The number of anilines is 1. The Morgan fingerprint density at radius 1 is 1.16 bits per heavy atom. The predicted molar refractivity (Wildman–Crippen MR) is 96.8 cm³/mol. The molecule has 1 aromatic carbocycles. The molecule has 0 aliphatic carbocycles. The number of furan rings is 1. The monoisotopic (exact) mass is 343 g/mol. The van der Waals surface area contributed by atoms with Gasteiger partial charge in [0.15, 0.2) is 0 Å². The van der Waals surface area contributed by atoms with Gasteiger partial charge in [0.1, 0.15) is 11.5 Å². The molecule has 1 saturated heterocycles. The topological polar surface area (TPSA) is 58.0 Å². The van der Waals surface area contributed by atoms with Gasteiger partial charge in [-0.25, -0.2) is 4.79 Å². The van der Waals surface area contributed by atoms with Crippen molar-refractivity contribution in [3.8, 4) is 5.75 Å². The molecule has 6 heteroatoms. The number of hydrogen-bond donors (Lipinski definition) is 1. The minimum absolute atomic E-state index is 0.0600. The number of amides is 2. The minimum atomic E-state index is -0.0600. The third kappa shape index (κ3) is 5.00. The Bertz CT molecular complexity index is 660. The summed E-state index contributed by atoms with van der Waals surface area (Å²) in [5.41, 5.74) is 0.777. The van der Waals surface area contributed by atoms with Gasteiger partial charge in [0, 0.05) is 31.9 Å². The maximum absolute atomic E-state index is 12.4. The van der Waals surface area contributed by atoms with Crippen LogP contribution in [0.2, 0.25) is 0 Å². The van der Waals surface area contributed by atoms with Crippen LogP contribution in [0, 0.1) is 0 Å². The largest absolute Gasteiger partial charge is 0.491 e. The van der Waals surface area contributed by atoms with Crippen LogP contribution in [-0.4, -0.2) is 48.1 Å². The van der Waals surface area contributed by atoms with E-state index in [0.29, 0.717) is 13.1 Å². The Morgan fingerprint density at radius 3 is 2.48 bits per heavy atom. The van der Waals surface area contributed by atoms with Gasteiger partial charge in [0.25, 0.3) is 0 Å². The number of hydrogen-bond acceptors (Lipinski definition) is 4. The first kappa shape index (κ1) is 17.4. The van der Waals surface area contributed by atoms with Crippen molar-refractivity contribution >= 4 is 11.7 Å². The van der Waals surface area contributed by atoms with Gasteiger partial charge in [-0.15, -0.1) is 0 Å². The van der Waals surface area contributed by atoms with E-state index >= 15 is 0 Å². The zero-order chi connectivity index (χ0) is 17.6. The number of piperazine rings is 1. The molecular weight excluding hydrogens is 318 g/mol. The smallest absolute Gasteiger partial charge is 0.321 e. The summed E-state index contributed by atoms with van der Waals surface area (Å²) in [5, 5.41) is 2.95. The number of nitrogens with one attached hydrogen (secondary N) is 1. The number of ether oxygens (including phenoxy) is 1. The van der Waals surface area contributed by atoms with Crippen LogP contribution in [-0.2, 0) is 6.54 Å². The van der Waals surface area contributed by atoms with Gasteiger partial charge in [-0.1, -0.05) is 0 Å². The highest BCUT2D eigenvalue weighted by molar-refractivity contribution is 5.89. The molecular formula is C19H25N3O3. The predicted octanol–water partition coefficient (Wildman–Crippen LogP) is 3.42. The fraction of sp³-hybridized carbons (Fsp3) is 0.421. The second-order valence-corrected chi connectivity index (χ2v) is 6.46. The quantitative estimate of drug-likeness (QED) is 0.904. The highest BCUT2D eigenvalue weighted by Crippen LogP contribution is 2.18. The van der Waals surface area contributed by atoms with Gasteiger partial charge >= 0.3 is 6.03 Å². The van der Waals surface area contributed by atoms with E-state index in [1.807, 2.05) is 55.1 Å². The zero-order valence-corrected chi connectivity index (χ0v) is 14.8. The molecule has 1 fully saturated rings. The molecule has 0 saturated carbocycles. The van der Waals surface area contributed by atoms with Crippen LogP contribution >= 0.6 is 0 Å². The normalized spacial score (nSPS) is 15.4. The molecule has 0 unspecified atom stereocenters. The van der Waals surface area contributed by atoms with Crippen molar-refractivity contribution in [3.63, 3.8) is 0 Å². The summed E-state index contributed by atoms with van der Waals surface area (Å²) in [6.07, 6.45) is 1.83. The Kier molecular flexibility index (Phi) is 5.60. The first-order valence-corrected chi connectivity index (χ1v) is 8.67. The Morgan fingerprint density at radius 2 is 1.88 bits per heavy atom. The molecule has 3 rings (SSSR count). The van der Waals surface area contributed by atoms with E-state index in [1.165, 1.54) is 0 Å². The lowest BCUT2D eigenvalue weighted by Gasteiger charge is -2.34. The van der Waals surface area contributed by atoms with Crippen LogP contribution in [0.4, 0.5) is 10.5 Å². The molecule has 1 aliphatic rings. The van der Waals surface area contributed by atoms with Crippen molar-refractivity contribution in [1.82, 2.24) is 9.80 Å². The molecule has 2 aromatic rings.